The molecule has 0 amide bonds. The first-order valence-corrected chi connectivity index (χ1v) is 15.7. The van der Waals surface area contributed by atoms with Gasteiger partial charge in [0.1, 0.15) is 0 Å². The maximum absolute atomic E-state index is 13.2. The Hall–Kier alpha value is -1.61. The van der Waals surface area contributed by atoms with Crippen molar-refractivity contribution in [3.63, 3.8) is 0 Å². The number of carbonyl (C=O) groups is 3. The molecule has 0 saturated heterocycles. The maximum Gasteiger partial charge on any atom is 0.303 e. The van der Waals surface area contributed by atoms with Gasteiger partial charge in [-0.2, -0.15) is 0 Å². The van der Waals surface area contributed by atoms with Gasteiger partial charge in [-0.25, -0.2) is 0 Å². The summed E-state index contributed by atoms with van der Waals surface area (Å²) in [6.07, 6.45) is 6.22. The zero-order valence-electron chi connectivity index (χ0n) is 21.1. The van der Waals surface area contributed by atoms with Crippen LogP contribution in [0.25, 0.3) is 0 Å². The summed E-state index contributed by atoms with van der Waals surface area (Å²) in [4.78, 5) is 36.7. The molecule has 0 heterocycles. The molecule has 4 rings (SSSR count). The predicted octanol–water partition coefficient (Wildman–Crippen LogP) is 2.96. The van der Waals surface area contributed by atoms with Gasteiger partial charge in [0.05, 0.1) is 6.10 Å². The first-order chi connectivity index (χ1) is 15.6. The minimum Gasteiger partial charge on any atom is -0.458 e. The molecule has 0 aromatic rings. The second-order valence-electron chi connectivity index (χ2n) is 12.1. The molecule has 7 nitrogen and oxygen atoms in total. The van der Waals surface area contributed by atoms with E-state index in [0.717, 1.165) is 18.4 Å². The van der Waals surface area contributed by atoms with Gasteiger partial charge < -0.3 is 19.4 Å². The molecule has 0 radical (unpaired) electrons. The van der Waals surface area contributed by atoms with Gasteiger partial charge in [0.25, 0.3) is 0 Å². The Morgan fingerprint density at radius 1 is 1.24 bits per heavy atom. The Morgan fingerprint density at radius 3 is 2.53 bits per heavy atom. The second-order valence-corrected chi connectivity index (χ2v) is 16.6. The second kappa shape index (κ2) is 8.22. The number of aliphatic hydroxyl groups excluding tert-OH is 1. The van der Waals surface area contributed by atoms with Gasteiger partial charge in [0.2, 0.25) is 5.78 Å². The molecule has 0 aromatic carbocycles. The molecule has 0 bridgehead atoms. The lowest BCUT2D eigenvalue weighted by molar-refractivity contribution is -0.190. The lowest BCUT2D eigenvalue weighted by Crippen LogP contribution is -2.64. The molecule has 3 fully saturated rings. The number of hydrogen-bond acceptors (Lipinski definition) is 7. The molecular formula is C26H38O7Si. The van der Waals surface area contributed by atoms with Gasteiger partial charge in [0, 0.05) is 23.9 Å². The lowest BCUT2D eigenvalue weighted by Gasteiger charge is -2.61. The third-order valence-corrected chi connectivity index (χ3v) is 10.0. The van der Waals surface area contributed by atoms with E-state index in [-0.39, 0.29) is 35.1 Å². The molecule has 2 N–H and O–H groups in total. The van der Waals surface area contributed by atoms with Crippen LogP contribution in [-0.4, -0.2) is 60.5 Å². The van der Waals surface area contributed by atoms with Crippen molar-refractivity contribution in [2.24, 2.45) is 28.6 Å². The fourth-order valence-corrected chi connectivity index (χ4v) is 8.79. The lowest BCUT2D eigenvalue weighted by atomic mass is 9.46. The number of rotatable bonds is 5. The Morgan fingerprint density at radius 2 is 1.91 bits per heavy atom. The van der Waals surface area contributed by atoms with Crippen molar-refractivity contribution >= 4 is 25.9 Å². The first kappa shape index (κ1) is 25.5. The first-order valence-electron chi connectivity index (χ1n) is 12.3. The third kappa shape index (κ3) is 3.77. The summed E-state index contributed by atoms with van der Waals surface area (Å²) >= 11 is 0. The highest BCUT2D eigenvalue weighted by atomic mass is 28.4. The molecule has 4 aliphatic carbocycles. The summed E-state index contributed by atoms with van der Waals surface area (Å²) in [5, 5.41) is 22.9. The van der Waals surface area contributed by atoms with Crippen LogP contribution >= 0.6 is 0 Å². The molecule has 3 saturated carbocycles. The van der Waals surface area contributed by atoms with Crippen molar-refractivity contribution in [2.75, 3.05) is 6.61 Å². The van der Waals surface area contributed by atoms with Crippen LogP contribution in [0.3, 0.4) is 0 Å². The number of carbonyl (C=O) groups excluding carboxylic acids is 3. The third-order valence-electron chi connectivity index (χ3n) is 9.03. The van der Waals surface area contributed by atoms with Gasteiger partial charge in [0.15, 0.2) is 26.3 Å². The Kier molecular flexibility index (Phi) is 6.16. The van der Waals surface area contributed by atoms with Crippen LogP contribution in [0.2, 0.25) is 19.6 Å². The van der Waals surface area contributed by atoms with Crippen LogP contribution in [-0.2, 0) is 23.5 Å². The summed E-state index contributed by atoms with van der Waals surface area (Å²) in [5.41, 5.74) is -2.18. The number of allylic oxidation sites excluding steroid dienone is 4. The molecule has 4 aliphatic rings. The topological polar surface area (TPSA) is 110 Å². The monoisotopic (exact) mass is 490 g/mol. The minimum atomic E-state index is -2.03. The van der Waals surface area contributed by atoms with Crippen molar-refractivity contribution in [3.8, 4) is 0 Å². The number of ether oxygens (including phenoxy) is 1. The van der Waals surface area contributed by atoms with E-state index in [4.69, 9.17) is 9.16 Å². The number of aliphatic hydroxyl groups is 2. The molecule has 0 aliphatic heterocycles. The van der Waals surface area contributed by atoms with Gasteiger partial charge >= 0.3 is 5.97 Å². The molecule has 2 unspecified atom stereocenters. The maximum atomic E-state index is 13.2. The molecule has 8 heteroatoms. The smallest absolute Gasteiger partial charge is 0.303 e. The van der Waals surface area contributed by atoms with Crippen LogP contribution in [0.15, 0.2) is 23.8 Å². The number of Topliss-reactive ketones (excluding diaryl/α,β-unsaturated/α-hetero) is 1. The van der Waals surface area contributed by atoms with E-state index in [1.54, 1.807) is 12.2 Å². The minimum absolute atomic E-state index is 0.0102. The molecule has 8 atom stereocenters. The molecule has 0 aromatic heterocycles. The van der Waals surface area contributed by atoms with E-state index >= 15 is 0 Å². The van der Waals surface area contributed by atoms with Crippen molar-refractivity contribution in [3.05, 3.63) is 23.8 Å². The predicted molar refractivity (Wildman–Crippen MR) is 128 cm³/mol. The van der Waals surface area contributed by atoms with E-state index in [1.807, 2.05) is 13.0 Å². The number of hydrogen-bond donors (Lipinski definition) is 2. The van der Waals surface area contributed by atoms with Crippen LogP contribution in [0.4, 0.5) is 0 Å². The quantitative estimate of drug-likeness (QED) is 0.450. The van der Waals surface area contributed by atoms with Gasteiger partial charge in [-0.3, -0.25) is 14.4 Å². The molecule has 34 heavy (non-hydrogen) atoms. The van der Waals surface area contributed by atoms with E-state index in [9.17, 15) is 24.6 Å². The summed E-state index contributed by atoms with van der Waals surface area (Å²) in [5.74, 6) is -1.19. The fraction of sp³-hybridized carbons (Fsp3) is 0.731. The molecule has 0 spiro atoms. The summed E-state index contributed by atoms with van der Waals surface area (Å²) in [6, 6.07) is 0. The average molecular weight is 491 g/mol. The highest BCUT2D eigenvalue weighted by Gasteiger charge is 2.72. The Labute approximate surface area is 202 Å². The highest BCUT2D eigenvalue weighted by Crippen LogP contribution is 2.67. The highest BCUT2D eigenvalue weighted by molar-refractivity contribution is 6.69. The van der Waals surface area contributed by atoms with E-state index in [1.165, 1.54) is 6.92 Å². The van der Waals surface area contributed by atoms with Crippen LogP contribution in [0.5, 0.6) is 0 Å². The Bertz CT molecular complexity index is 965. The van der Waals surface area contributed by atoms with E-state index in [0.29, 0.717) is 12.8 Å². The van der Waals surface area contributed by atoms with Gasteiger partial charge in [-0.15, -0.1) is 0 Å². The van der Waals surface area contributed by atoms with E-state index < -0.39 is 43.8 Å². The number of ketones is 2. The average Bonchev–Trinajstić information content (AvgIpc) is 2.92. The number of fused-ring (bicyclic) bond motifs is 5. The van der Waals surface area contributed by atoms with Crippen molar-refractivity contribution in [2.45, 2.75) is 83.9 Å². The number of esters is 1. The molecule has 188 valence electrons. The largest absolute Gasteiger partial charge is 0.458 e. The van der Waals surface area contributed by atoms with Gasteiger partial charge in [-0.05, 0) is 75.2 Å². The van der Waals surface area contributed by atoms with Crippen molar-refractivity contribution < 1.29 is 33.8 Å². The normalized spacial score (nSPS) is 43.5. The standard InChI is InChI=1S/C26H38O7Si/c1-15(27)32-14-22(30)26(31)21(29)12-19-18-8-7-16-11-17(28)9-10-24(16,2)23(18)20(13-25(19,26)3)33-34(4,5)6/h9-11,18-21,23,29,31H,7-8,12-14H2,1-6H3/t18-,19-,20?,21?,23+,24-,25-,26-/m0/s1. The van der Waals surface area contributed by atoms with E-state index in [2.05, 4.69) is 26.6 Å². The van der Waals surface area contributed by atoms with Crippen LogP contribution < -0.4 is 0 Å². The summed E-state index contributed by atoms with van der Waals surface area (Å²) < 4.78 is 11.7. The van der Waals surface area contributed by atoms with Crippen LogP contribution in [0.1, 0.15) is 46.5 Å². The SMILES string of the molecule is CC(=O)OCC(=O)[C@@]1(O)C(O)C[C@H]2[C@@H]3CCC4=CC(=O)C=C[C@]4(C)[C@H]3C(O[Si](C)(C)C)C[C@@]21C. The van der Waals surface area contributed by atoms with Crippen molar-refractivity contribution in [1.82, 2.24) is 0 Å². The zero-order chi connectivity index (χ0) is 25.3. The zero-order valence-corrected chi connectivity index (χ0v) is 22.1. The Balaban J connectivity index is 1.79. The van der Waals surface area contributed by atoms with Crippen LogP contribution in [0, 0.1) is 28.6 Å². The van der Waals surface area contributed by atoms with Crippen molar-refractivity contribution in [1.29, 1.82) is 0 Å². The summed E-state index contributed by atoms with van der Waals surface area (Å²) in [6.45, 7) is 11.1. The van der Waals surface area contributed by atoms with Gasteiger partial charge in [-0.1, -0.05) is 25.5 Å². The summed E-state index contributed by atoms with van der Waals surface area (Å²) in [7, 11) is -2.03. The fourth-order valence-electron chi connectivity index (χ4n) is 7.65. The molecular weight excluding hydrogens is 452 g/mol.